The first kappa shape index (κ1) is 42.6. The summed E-state index contributed by atoms with van der Waals surface area (Å²) in [5, 5.41) is 2.75. The van der Waals surface area contributed by atoms with E-state index in [1.165, 1.54) is 0 Å². The third kappa shape index (κ3) is 9.96. The van der Waals surface area contributed by atoms with Crippen molar-refractivity contribution < 1.29 is 4.57 Å². The maximum Gasteiger partial charge on any atom is 0.174 e. The zero-order chi connectivity index (χ0) is 44.5. The van der Waals surface area contributed by atoms with Gasteiger partial charge in [-0.1, -0.05) is 212 Å². The average Bonchev–Trinajstić information content (AvgIpc) is 4.06. The Bertz CT molecular complexity index is 3010. The maximum atomic E-state index is 15.7. The third-order valence-corrected chi connectivity index (χ3v) is 17.2. The van der Waals surface area contributed by atoms with Crippen LogP contribution in [0.5, 0.6) is 0 Å². The Balaban J connectivity index is 0.978. The van der Waals surface area contributed by atoms with Gasteiger partial charge in [-0.25, -0.2) is 0 Å². The van der Waals surface area contributed by atoms with Crippen molar-refractivity contribution in [2.45, 2.75) is 0 Å². The molecule has 3 heterocycles. The second-order valence-electron chi connectivity index (χ2n) is 16.2. The Kier molecular flexibility index (Phi) is 12.8. The first-order chi connectivity index (χ1) is 32.5. The number of rotatable bonds is 13. The van der Waals surface area contributed by atoms with Gasteiger partial charge in [0, 0.05) is 25.7 Å². The van der Waals surface area contributed by atoms with Crippen molar-refractivity contribution in [3.63, 3.8) is 0 Å². The van der Waals surface area contributed by atoms with E-state index in [4.69, 9.17) is 0 Å². The van der Waals surface area contributed by atoms with Crippen LogP contribution in [0.25, 0.3) is 82.7 Å². The van der Waals surface area contributed by atoms with Crippen LogP contribution in [0.4, 0.5) is 0 Å². The van der Waals surface area contributed by atoms with E-state index in [1.807, 2.05) is 54.6 Å². The number of thiophene rings is 2. The van der Waals surface area contributed by atoms with Gasteiger partial charge in [-0.05, 0) is 116 Å². The average molecular weight is 901 g/mol. The van der Waals surface area contributed by atoms with Gasteiger partial charge in [0.1, 0.15) is 0 Å². The fraction of sp³-hybridized carbons (Fsp3) is 0. The highest BCUT2D eigenvalue weighted by Crippen LogP contribution is 2.57. The second kappa shape index (κ2) is 19.8. The highest BCUT2D eigenvalue weighted by molar-refractivity contribution is 7.87. The van der Waals surface area contributed by atoms with E-state index < -0.39 is 7.14 Å². The lowest BCUT2D eigenvalue weighted by molar-refractivity contribution is 0.593. The van der Waals surface area contributed by atoms with Crippen molar-refractivity contribution in [3.05, 3.63) is 266 Å². The summed E-state index contributed by atoms with van der Waals surface area (Å²) < 4.78 is 15.7. The van der Waals surface area contributed by atoms with Crippen LogP contribution in [0.1, 0.15) is 65.4 Å². The minimum atomic E-state index is -3.12. The summed E-state index contributed by atoms with van der Waals surface area (Å²) in [7, 11) is -3.12. The minimum Gasteiger partial charge on any atom is -0.309 e. The van der Waals surface area contributed by atoms with Crippen LogP contribution in [0, 0.1) is 0 Å². The third-order valence-electron chi connectivity index (χ3n) is 11.4. The largest absolute Gasteiger partial charge is 0.309 e. The fourth-order valence-corrected chi connectivity index (χ4v) is 14.5. The normalized spacial score (nSPS) is 13.3. The molecule has 66 heavy (non-hydrogen) atoms. The van der Waals surface area contributed by atoms with E-state index in [9.17, 15) is 0 Å². The SMILES string of the molecule is O=P1(c2ccccc2)c2cc(/C=C/c3cc(/C=C/c4ccccc4)cc(/C=C/c4ccccc4)c3)sc2-c2sc(/C=C/c3cc(/C=C/c4ccccc4)cc(/C=C/c4ccccc4)c3)cc21. The summed E-state index contributed by atoms with van der Waals surface area (Å²) in [5.74, 6) is 0. The van der Waals surface area contributed by atoms with Gasteiger partial charge in [0.05, 0.1) is 9.75 Å². The molecule has 9 aromatic rings. The molecule has 7 aromatic carbocycles. The predicted octanol–water partition coefficient (Wildman–Crippen LogP) is 16.5. The minimum absolute atomic E-state index is 0.868. The van der Waals surface area contributed by atoms with Crippen molar-refractivity contribution >= 4 is 119 Å². The first-order valence-corrected chi connectivity index (χ1v) is 25.4. The molecule has 0 amide bonds. The molecule has 2 aromatic heterocycles. The molecule has 1 nitrogen and oxygen atoms in total. The van der Waals surface area contributed by atoms with Crippen molar-refractivity contribution in [3.8, 4) is 9.75 Å². The lowest BCUT2D eigenvalue weighted by Gasteiger charge is -2.13. The second-order valence-corrected chi connectivity index (χ2v) is 21.0. The van der Waals surface area contributed by atoms with Crippen LogP contribution in [0.3, 0.4) is 0 Å². The van der Waals surface area contributed by atoms with E-state index in [2.05, 4.69) is 219 Å². The molecule has 0 atom stereocenters. The van der Waals surface area contributed by atoms with Gasteiger partial charge in [-0.3, -0.25) is 0 Å². The van der Waals surface area contributed by atoms with Crippen molar-refractivity contribution in [2.75, 3.05) is 0 Å². The van der Waals surface area contributed by atoms with Gasteiger partial charge >= 0.3 is 0 Å². The van der Waals surface area contributed by atoms with E-state index in [0.717, 1.165) is 91.1 Å². The lowest BCUT2D eigenvalue weighted by atomic mass is 10.0. The van der Waals surface area contributed by atoms with E-state index in [-0.39, 0.29) is 0 Å². The standard InChI is InChI=1S/C62H45OPS2/c63-64(56-24-14-5-15-25-56)59-44-57(36-34-54-40-50(30-26-46-16-6-1-7-17-46)38-51(41-54)31-27-47-18-8-2-9-19-47)65-61(59)62-60(64)45-58(66-62)37-35-55-42-52(32-28-48-20-10-3-11-21-48)39-53(43-55)33-29-49-22-12-4-13-23-49/h1-45H/b30-26+,31-27+,32-28+,33-29+,36-34+,37-35+. The molecular formula is C62H45OPS2. The number of hydrogen-bond donors (Lipinski definition) is 0. The number of hydrogen-bond acceptors (Lipinski definition) is 3. The maximum absolute atomic E-state index is 15.7. The van der Waals surface area contributed by atoms with Crippen LogP contribution in [-0.4, -0.2) is 0 Å². The molecule has 0 radical (unpaired) electrons. The van der Waals surface area contributed by atoms with Crippen molar-refractivity contribution in [2.24, 2.45) is 0 Å². The molecule has 0 bridgehead atoms. The lowest BCUT2D eigenvalue weighted by Crippen LogP contribution is -2.19. The molecule has 4 heteroatoms. The zero-order valence-corrected chi connectivity index (χ0v) is 38.7. The Hall–Kier alpha value is -7.39. The first-order valence-electron chi connectivity index (χ1n) is 22.1. The van der Waals surface area contributed by atoms with Gasteiger partial charge < -0.3 is 4.57 Å². The molecule has 0 N–H and O–H groups in total. The smallest absolute Gasteiger partial charge is 0.174 e. The summed E-state index contributed by atoms with van der Waals surface area (Å²) in [6, 6.07) is 69.3. The predicted molar refractivity (Wildman–Crippen MR) is 293 cm³/mol. The van der Waals surface area contributed by atoms with Gasteiger partial charge in [0.2, 0.25) is 0 Å². The van der Waals surface area contributed by atoms with Gasteiger partial charge in [-0.2, -0.15) is 0 Å². The van der Waals surface area contributed by atoms with Gasteiger partial charge in [0.25, 0.3) is 0 Å². The summed E-state index contributed by atoms with van der Waals surface area (Å²) in [6.45, 7) is 0. The molecule has 0 unspecified atom stereocenters. The Morgan fingerprint density at radius 2 is 0.515 bits per heavy atom. The van der Waals surface area contributed by atoms with Crippen LogP contribution in [0.15, 0.2) is 200 Å². The van der Waals surface area contributed by atoms with Crippen molar-refractivity contribution in [1.82, 2.24) is 0 Å². The molecular weight excluding hydrogens is 856 g/mol. The molecule has 0 aliphatic carbocycles. The van der Waals surface area contributed by atoms with E-state index in [0.29, 0.717) is 0 Å². The summed E-state index contributed by atoms with van der Waals surface area (Å²) in [4.78, 5) is 4.37. The fourth-order valence-electron chi connectivity index (χ4n) is 8.17. The molecule has 1 aliphatic rings. The van der Waals surface area contributed by atoms with Crippen LogP contribution >= 0.6 is 29.8 Å². The Morgan fingerprint density at radius 3 is 0.803 bits per heavy atom. The number of benzene rings is 7. The quantitative estimate of drug-likeness (QED) is 0.0832. The highest BCUT2D eigenvalue weighted by Gasteiger charge is 2.43. The Morgan fingerprint density at radius 1 is 0.273 bits per heavy atom. The zero-order valence-electron chi connectivity index (χ0n) is 36.2. The van der Waals surface area contributed by atoms with Gasteiger partial charge in [-0.15, -0.1) is 22.7 Å². The molecule has 0 saturated carbocycles. The Labute approximate surface area is 396 Å². The van der Waals surface area contributed by atoms with Crippen LogP contribution < -0.4 is 15.9 Å². The molecule has 1 aliphatic heterocycles. The van der Waals surface area contributed by atoms with Crippen LogP contribution in [-0.2, 0) is 4.57 Å². The topological polar surface area (TPSA) is 17.1 Å². The highest BCUT2D eigenvalue weighted by atomic mass is 32.1. The summed E-state index contributed by atoms with van der Waals surface area (Å²) >= 11 is 3.45. The molecule has 0 saturated heterocycles. The molecule has 316 valence electrons. The summed E-state index contributed by atoms with van der Waals surface area (Å²) in [5.41, 5.74) is 11.3. The number of fused-ring (bicyclic) bond motifs is 3. The van der Waals surface area contributed by atoms with Crippen molar-refractivity contribution in [1.29, 1.82) is 0 Å². The molecule has 10 rings (SSSR count). The monoisotopic (exact) mass is 900 g/mol. The molecule has 0 spiro atoms. The van der Waals surface area contributed by atoms with E-state index >= 15 is 4.57 Å². The van der Waals surface area contributed by atoms with Crippen LogP contribution in [0.2, 0.25) is 0 Å². The van der Waals surface area contributed by atoms with Gasteiger partial charge in [0.15, 0.2) is 7.14 Å². The molecule has 0 fully saturated rings. The van der Waals surface area contributed by atoms with E-state index in [1.54, 1.807) is 22.7 Å². The summed E-state index contributed by atoms with van der Waals surface area (Å²) in [6.07, 6.45) is 26.1.